The number of aromatic nitrogens is 4. The van der Waals surface area contributed by atoms with E-state index in [1.54, 1.807) is 12.4 Å². The third-order valence-electron chi connectivity index (χ3n) is 6.75. The predicted molar refractivity (Wildman–Crippen MR) is 108 cm³/mol. The van der Waals surface area contributed by atoms with Crippen molar-refractivity contribution in [2.24, 2.45) is 10.9 Å². The van der Waals surface area contributed by atoms with Crippen LogP contribution in [0.15, 0.2) is 17.4 Å². The van der Waals surface area contributed by atoms with Gasteiger partial charge in [-0.1, -0.05) is 0 Å². The van der Waals surface area contributed by atoms with Crippen LogP contribution in [0.1, 0.15) is 56.4 Å². The second kappa shape index (κ2) is 5.99. The SMILES string of the molecule is CC1(C)OCCn2c1nc1c2NC(c2cnc(N)nc2)=NC1N1CC2CCC1C2. The fourth-order valence-corrected chi connectivity index (χ4v) is 5.35. The monoisotopic (exact) mass is 394 g/mol. The van der Waals surface area contributed by atoms with E-state index in [9.17, 15) is 0 Å². The molecule has 3 aliphatic heterocycles. The van der Waals surface area contributed by atoms with Crippen LogP contribution in [-0.2, 0) is 16.9 Å². The van der Waals surface area contributed by atoms with Crippen molar-refractivity contribution in [3.8, 4) is 0 Å². The van der Waals surface area contributed by atoms with E-state index in [0.717, 1.165) is 47.7 Å². The molecule has 3 N–H and O–H groups in total. The summed E-state index contributed by atoms with van der Waals surface area (Å²) in [7, 11) is 0. The molecule has 5 heterocycles. The van der Waals surface area contributed by atoms with Crippen LogP contribution < -0.4 is 11.1 Å². The normalized spacial score (nSPS) is 29.9. The molecule has 0 amide bonds. The summed E-state index contributed by atoms with van der Waals surface area (Å²) in [6, 6.07) is 0.589. The average Bonchev–Trinajstić information content (AvgIpc) is 3.42. The van der Waals surface area contributed by atoms with Gasteiger partial charge in [-0.05, 0) is 39.0 Å². The molecule has 2 aromatic heterocycles. The van der Waals surface area contributed by atoms with E-state index in [2.05, 4.69) is 38.6 Å². The number of nitrogen functional groups attached to an aromatic ring is 1. The number of likely N-dealkylation sites (tertiary alicyclic amines) is 1. The van der Waals surface area contributed by atoms with E-state index in [4.69, 9.17) is 20.4 Å². The summed E-state index contributed by atoms with van der Waals surface area (Å²) < 4.78 is 8.27. The molecular formula is C20H26N8O. The Morgan fingerprint density at radius 1 is 1.24 bits per heavy atom. The summed E-state index contributed by atoms with van der Waals surface area (Å²) in [4.78, 5) is 21.0. The van der Waals surface area contributed by atoms with Crippen LogP contribution in [0.3, 0.4) is 0 Å². The molecule has 4 aliphatic rings. The van der Waals surface area contributed by atoms with Crippen molar-refractivity contribution in [2.45, 2.75) is 57.5 Å². The summed E-state index contributed by atoms with van der Waals surface area (Å²) in [6.07, 6.45) is 7.23. The standard InChI is InChI=1S/C20H26N8O/c1-20(2)18-24-14-16(27(18)5-6-29-20)25-15(12-8-22-19(21)23-9-12)26-17(14)28-10-11-3-4-13(28)7-11/h8-9,11,13,17H,3-7,10H2,1-2H3,(H,25,26)(H2,21,22,23). The van der Waals surface area contributed by atoms with Crippen LogP contribution in [0.25, 0.3) is 0 Å². The van der Waals surface area contributed by atoms with Crippen LogP contribution in [0.5, 0.6) is 0 Å². The Kier molecular flexibility index (Phi) is 3.58. The molecule has 2 bridgehead atoms. The maximum atomic E-state index is 6.01. The van der Waals surface area contributed by atoms with E-state index < -0.39 is 5.60 Å². The molecule has 1 aliphatic carbocycles. The van der Waals surface area contributed by atoms with E-state index in [0.29, 0.717) is 12.6 Å². The zero-order valence-electron chi connectivity index (χ0n) is 16.8. The Morgan fingerprint density at radius 2 is 2.07 bits per heavy atom. The quantitative estimate of drug-likeness (QED) is 0.801. The maximum absolute atomic E-state index is 6.01. The molecule has 2 fully saturated rings. The lowest BCUT2D eigenvalue weighted by Gasteiger charge is -2.35. The summed E-state index contributed by atoms with van der Waals surface area (Å²) in [5.74, 6) is 3.80. The number of piperidine rings is 1. The Bertz CT molecular complexity index is 995. The number of hydrogen-bond acceptors (Lipinski definition) is 8. The van der Waals surface area contributed by atoms with Crippen molar-refractivity contribution in [1.82, 2.24) is 24.4 Å². The number of nitrogens with zero attached hydrogens (tertiary/aromatic N) is 6. The average molecular weight is 394 g/mol. The molecule has 3 unspecified atom stereocenters. The number of rotatable bonds is 2. The van der Waals surface area contributed by atoms with E-state index in [-0.39, 0.29) is 12.1 Å². The lowest BCUT2D eigenvalue weighted by atomic mass is 10.1. The molecule has 1 saturated heterocycles. The zero-order chi connectivity index (χ0) is 19.8. The minimum absolute atomic E-state index is 0.0944. The van der Waals surface area contributed by atoms with E-state index in [1.807, 2.05) is 0 Å². The number of amidine groups is 1. The molecule has 9 heteroatoms. The van der Waals surface area contributed by atoms with Crippen molar-refractivity contribution in [3.05, 3.63) is 29.5 Å². The van der Waals surface area contributed by atoms with Gasteiger partial charge in [-0.15, -0.1) is 0 Å². The highest BCUT2D eigenvalue weighted by Gasteiger charge is 2.46. The highest BCUT2D eigenvalue weighted by molar-refractivity contribution is 6.09. The topological polar surface area (TPSA) is 106 Å². The van der Waals surface area contributed by atoms with Crippen molar-refractivity contribution in [3.63, 3.8) is 0 Å². The second-order valence-corrected chi connectivity index (χ2v) is 9.02. The highest BCUT2D eigenvalue weighted by Crippen LogP contribution is 2.46. The first-order valence-electron chi connectivity index (χ1n) is 10.4. The molecule has 3 atom stereocenters. The minimum Gasteiger partial charge on any atom is -0.368 e. The molecule has 9 nitrogen and oxygen atoms in total. The van der Waals surface area contributed by atoms with E-state index in [1.165, 1.54) is 19.3 Å². The third kappa shape index (κ3) is 2.60. The molecule has 2 aromatic rings. The van der Waals surface area contributed by atoms with Gasteiger partial charge in [-0.25, -0.2) is 19.9 Å². The molecular weight excluding hydrogens is 368 g/mol. The van der Waals surface area contributed by atoms with Crippen LogP contribution in [0.4, 0.5) is 11.8 Å². The number of nitrogens with one attached hydrogen (secondary N) is 1. The summed E-state index contributed by atoms with van der Waals surface area (Å²) in [5, 5.41) is 3.52. The number of fused-ring (bicyclic) bond motifs is 5. The number of imidazole rings is 1. The molecule has 1 saturated carbocycles. The van der Waals surface area contributed by atoms with Crippen molar-refractivity contribution in [1.29, 1.82) is 0 Å². The fourth-order valence-electron chi connectivity index (χ4n) is 5.35. The van der Waals surface area contributed by atoms with Gasteiger partial charge in [0, 0.05) is 31.5 Å². The van der Waals surface area contributed by atoms with Gasteiger partial charge in [0.25, 0.3) is 0 Å². The number of anilines is 2. The van der Waals surface area contributed by atoms with Gasteiger partial charge in [-0.3, -0.25) is 4.90 Å². The largest absolute Gasteiger partial charge is 0.368 e. The van der Waals surface area contributed by atoms with Crippen LogP contribution in [-0.4, -0.2) is 49.4 Å². The Morgan fingerprint density at radius 3 is 2.79 bits per heavy atom. The smallest absolute Gasteiger partial charge is 0.219 e. The molecule has 152 valence electrons. The minimum atomic E-state index is -0.420. The predicted octanol–water partition coefficient (Wildman–Crippen LogP) is 1.88. The molecule has 0 aromatic carbocycles. The number of nitrogens with two attached hydrogens (primary N) is 1. The first-order valence-corrected chi connectivity index (χ1v) is 10.4. The lowest BCUT2D eigenvalue weighted by Crippen LogP contribution is -2.38. The maximum Gasteiger partial charge on any atom is 0.219 e. The number of ether oxygens (including phenoxy) is 1. The van der Waals surface area contributed by atoms with Crippen LogP contribution >= 0.6 is 0 Å². The van der Waals surface area contributed by atoms with E-state index >= 15 is 0 Å². The van der Waals surface area contributed by atoms with Crippen molar-refractivity contribution < 1.29 is 4.74 Å². The molecule has 6 rings (SSSR count). The fraction of sp³-hybridized carbons (Fsp3) is 0.600. The highest BCUT2D eigenvalue weighted by atomic mass is 16.5. The Labute approximate surface area is 169 Å². The summed E-state index contributed by atoms with van der Waals surface area (Å²) >= 11 is 0. The summed E-state index contributed by atoms with van der Waals surface area (Å²) in [6.45, 7) is 6.70. The van der Waals surface area contributed by atoms with Gasteiger partial charge in [0.2, 0.25) is 5.95 Å². The number of hydrogen-bond donors (Lipinski definition) is 2. The molecule has 0 spiro atoms. The first kappa shape index (κ1) is 17.3. The number of aliphatic imine (C=N–C) groups is 1. The van der Waals surface area contributed by atoms with Gasteiger partial charge >= 0.3 is 0 Å². The van der Waals surface area contributed by atoms with Gasteiger partial charge < -0.3 is 20.4 Å². The van der Waals surface area contributed by atoms with Gasteiger partial charge in [-0.2, -0.15) is 0 Å². The van der Waals surface area contributed by atoms with Crippen LogP contribution in [0, 0.1) is 5.92 Å². The molecule has 29 heavy (non-hydrogen) atoms. The Hall–Kier alpha value is -2.52. The Balaban J connectivity index is 1.48. The zero-order valence-corrected chi connectivity index (χ0v) is 16.8. The lowest BCUT2D eigenvalue weighted by molar-refractivity contribution is -0.0535. The van der Waals surface area contributed by atoms with Gasteiger partial charge in [0.15, 0.2) is 6.17 Å². The third-order valence-corrected chi connectivity index (χ3v) is 6.75. The summed E-state index contributed by atoms with van der Waals surface area (Å²) in [5.41, 5.74) is 7.11. The molecule has 0 radical (unpaired) electrons. The van der Waals surface area contributed by atoms with Crippen LogP contribution in [0.2, 0.25) is 0 Å². The second-order valence-electron chi connectivity index (χ2n) is 9.02. The van der Waals surface area contributed by atoms with Crippen molar-refractivity contribution >= 4 is 17.6 Å². The van der Waals surface area contributed by atoms with Gasteiger partial charge in [0.05, 0.1) is 12.2 Å². The first-order chi connectivity index (χ1) is 14.0. The van der Waals surface area contributed by atoms with Crippen molar-refractivity contribution in [2.75, 3.05) is 24.2 Å². The van der Waals surface area contributed by atoms with Gasteiger partial charge in [0.1, 0.15) is 28.8 Å².